The summed E-state index contributed by atoms with van der Waals surface area (Å²) in [5, 5.41) is 14.3. The fourth-order valence-electron chi connectivity index (χ4n) is 2.65. The molecular formula is C15H12N3O2S2-. The molecule has 22 heavy (non-hydrogen) atoms. The van der Waals surface area contributed by atoms with E-state index < -0.39 is 5.97 Å². The maximum absolute atomic E-state index is 11.5. The molecule has 7 heteroatoms. The zero-order valence-electron chi connectivity index (χ0n) is 11.6. The van der Waals surface area contributed by atoms with E-state index >= 15 is 0 Å². The van der Waals surface area contributed by atoms with E-state index in [1.807, 2.05) is 17.5 Å². The maximum atomic E-state index is 11.5. The lowest BCUT2D eigenvalue weighted by molar-refractivity contribution is -0.254. The van der Waals surface area contributed by atoms with Crippen molar-refractivity contribution in [2.75, 3.05) is 18.0 Å². The first kappa shape index (κ1) is 13.7. The number of carbonyl (C=O) groups excluding carboxylic acids is 1. The first-order valence-electron chi connectivity index (χ1n) is 7.04. The van der Waals surface area contributed by atoms with Crippen molar-refractivity contribution in [2.45, 2.75) is 12.8 Å². The highest BCUT2D eigenvalue weighted by Gasteiger charge is 2.19. The Hall–Kier alpha value is -1.99. The average Bonchev–Trinajstić information content (AvgIpc) is 3.24. The number of hydrogen-bond donors (Lipinski definition) is 0. The van der Waals surface area contributed by atoms with Gasteiger partial charge < -0.3 is 14.8 Å². The van der Waals surface area contributed by atoms with Gasteiger partial charge in [0.2, 0.25) is 0 Å². The third-order valence-corrected chi connectivity index (χ3v) is 5.75. The predicted molar refractivity (Wildman–Crippen MR) is 86.5 cm³/mol. The lowest BCUT2D eigenvalue weighted by Gasteiger charge is -2.11. The number of thiazole rings is 1. The van der Waals surface area contributed by atoms with Gasteiger partial charge in [0.1, 0.15) is 0 Å². The highest BCUT2D eigenvalue weighted by atomic mass is 32.1. The minimum absolute atomic E-state index is 0.177. The standard InChI is InChI=1S/C15H13N3O2S2/c19-14(20)9-8-10(11-4-3-7-21-11)16-13-12(9)22-15(17-13)18-5-1-2-6-18/h3-4,7-8H,1-2,5-6H2,(H,19,20)/p-1. The first-order valence-corrected chi connectivity index (χ1v) is 8.74. The van der Waals surface area contributed by atoms with Crippen molar-refractivity contribution >= 4 is 44.1 Å². The molecule has 3 aromatic heterocycles. The number of rotatable bonds is 3. The van der Waals surface area contributed by atoms with Crippen molar-refractivity contribution in [2.24, 2.45) is 0 Å². The molecule has 112 valence electrons. The number of thiophene rings is 1. The highest BCUT2D eigenvalue weighted by Crippen LogP contribution is 2.34. The Morgan fingerprint density at radius 2 is 2.09 bits per heavy atom. The molecule has 0 amide bonds. The zero-order chi connectivity index (χ0) is 15.1. The predicted octanol–water partition coefficient (Wildman–Crippen LogP) is 2.38. The van der Waals surface area contributed by atoms with Crippen molar-refractivity contribution in [3.8, 4) is 10.6 Å². The van der Waals surface area contributed by atoms with Crippen LogP contribution < -0.4 is 10.0 Å². The van der Waals surface area contributed by atoms with Crippen molar-refractivity contribution in [3.05, 3.63) is 29.1 Å². The van der Waals surface area contributed by atoms with Crippen molar-refractivity contribution < 1.29 is 9.90 Å². The Morgan fingerprint density at radius 1 is 1.27 bits per heavy atom. The van der Waals surface area contributed by atoms with Gasteiger partial charge in [-0.15, -0.1) is 11.3 Å². The Labute approximate surface area is 134 Å². The van der Waals surface area contributed by atoms with Crippen LogP contribution in [0.5, 0.6) is 0 Å². The molecule has 0 spiro atoms. The molecule has 1 saturated heterocycles. The fraction of sp³-hybridized carbons (Fsp3) is 0.267. The second kappa shape index (κ2) is 5.33. The molecule has 4 heterocycles. The Morgan fingerprint density at radius 3 is 2.77 bits per heavy atom. The zero-order valence-corrected chi connectivity index (χ0v) is 13.2. The van der Waals surface area contributed by atoms with E-state index in [4.69, 9.17) is 0 Å². The van der Waals surface area contributed by atoms with Crippen LogP contribution in [0.25, 0.3) is 20.9 Å². The summed E-state index contributed by atoms with van der Waals surface area (Å²) in [5.74, 6) is -1.18. The summed E-state index contributed by atoms with van der Waals surface area (Å²) in [6.07, 6.45) is 2.30. The second-order valence-electron chi connectivity index (χ2n) is 5.16. The van der Waals surface area contributed by atoms with Gasteiger partial charge in [-0.2, -0.15) is 4.98 Å². The molecular weight excluding hydrogens is 318 g/mol. The molecule has 0 N–H and O–H groups in total. The molecule has 0 atom stereocenters. The van der Waals surface area contributed by atoms with E-state index in [1.54, 1.807) is 6.07 Å². The van der Waals surface area contributed by atoms with Gasteiger partial charge in [-0.25, -0.2) is 4.98 Å². The average molecular weight is 330 g/mol. The van der Waals surface area contributed by atoms with E-state index in [0.29, 0.717) is 16.0 Å². The third kappa shape index (κ3) is 2.26. The van der Waals surface area contributed by atoms with Gasteiger partial charge in [-0.3, -0.25) is 0 Å². The number of fused-ring (bicyclic) bond motifs is 1. The molecule has 0 aliphatic carbocycles. The van der Waals surface area contributed by atoms with E-state index in [9.17, 15) is 9.90 Å². The molecule has 0 unspecified atom stereocenters. The summed E-state index contributed by atoms with van der Waals surface area (Å²) in [7, 11) is 0. The van der Waals surface area contributed by atoms with Gasteiger partial charge in [-0.05, 0) is 30.4 Å². The topological polar surface area (TPSA) is 69.1 Å². The summed E-state index contributed by atoms with van der Waals surface area (Å²) in [4.78, 5) is 23.7. The van der Waals surface area contributed by atoms with Gasteiger partial charge in [0, 0.05) is 18.7 Å². The first-order chi connectivity index (χ1) is 10.7. The molecule has 0 aromatic carbocycles. The van der Waals surface area contributed by atoms with Gasteiger partial charge in [0.05, 0.1) is 21.2 Å². The number of aromatic nitrogens is 2. The Bertz CT molecular complexity index is 836. The molecule has 4 rings (SSSR count). The van der Waals surface area contributed by atoms with Crippen LogP contribution in [0.2, 0.25) is 0 Å². The Balaban J connectivity index is 1.89. The minimum Gasteiger partial charge on any atom is -0.545 e. The van der Waals surface area contributed by atoms with Gasteiger partial charge in [-0.1, -0.05) is 17.4 Å². The number of hydrogen-bond acceptors (Lipinski definition) is 7. The van der Waals surface area contributed by atoms with Gasteiger partial charge >= 0.3 is 0 Å². The van der Waals surface area contributed by atoms with E-state index in [0.717, 1.165) is 35.9 Å². The maximum Gasteiger partial charge on any atom is 0.188 e. The molecule has 0 bridgehead atoms. The van der Waals surface area contributed by atoms with Crippen molar-refractivity contribution in [3.63, 3.8) is 0 Å². The van der Waals surface area contributed by atoms with Crippen molar-refractivity contribution in [1.29, 1.82) is 0 Å². The van der Waals surface area contributed by atoms with Crippen LogP contribution in [0.15, 0.2) is 23.6 Å². The van der Waals surface area contributed by atoms with Crippen LogP contribution in [-0.4, -0.2) is 29.0 Å². The van der Waals surface area contributed by atoms with E-state index in [-0.39, 0.29) is 5.56 Å². The summed E-state index contributed by atoms with van der Waals surface area (Å²) in [5.41, 5.74) is 1.31. The fourth-order valence-corrected chi connectivity index (χ4v) is 4.39. The molecule has 0 radical (unpaired) electrons. The van der Waals surface area contributed by atoms with Gasteiger partial charge in [0.15, 0.2) is 10.8 Å². The van der Waals surface area contributed by atoms with Crippen LogP contribution in [0.4, 0.5) is 5.13 Å². The summed E-state index contributed by atoms with van der Waals surface area (Å²) < 4.78 is 0.599. The third-order valence-electron chi connectivity index (χ3n) is 3.72. The lowest BCUT2D eigenvalue weighted by Crippen LogP contribution is -2.22. The molecule has 1 fully saturated rings. The summed E-state index contributed by atoms with van der Waals surface area (Å²) >= 11 is 2.92. The smallest absolute Gasteiger partial charge is 0.188 e. The number of aromatic carboxylic acids is 1. The van der Waals surface area contributed by atoms with Crippen LogP contribution in [-0.2, 0) is 0 Å². The Kier molecular flexibility index (Phi) is 3.31. The monoisotopic (exact) mass is 330 g/mol. The highest BCUT2D eigenvalue weighted by molar-refractivity contribution is 7.22. The molecule has 3 aromatic rings. The van der Waals surface area contributed by atoms with E-state index in [1.165, 1.54) is 22.7 Å². The lowest BCUT2D eigenvalue weighted by atomic mass is 10.2. The normalized spacial score (nSPS) is 14.8. The van der Waals surface area contributed by atoms with Crippen LogP contribution in [0.1, 0.15) is 23.2 Å². The number of carboxylic acids is 1. The number of nitrogens with zero attached hydrogens (tertiary/aromatic N) is 3. The molecule has 1 aliphatic heterocycles. The molecule has 1 aliphatic rings. The number of carbonyl (C=O) groups is 1. The number of carboxylic acid groups (broad SMARTS) is 1. The van der Waals surface area contributed by atoms with Crippen LogP contribution >= 0.6 is 22.7 Å². The van der Waals surface area contributed by atoms with Crippen LogP contribution in [0.3, 0.4) is 0 Å². The second-order valence-corrected chi connectivity index (χ2v) is 7.09. The summed E-state index contributed by atoms with van der Waals surface area (Å²) in [6.45, 7) is 1.94. The summed E-state index contributed by atoms with van der Waals surface area (Å²) in [6, 6.07) is 5.43. The number of anilines is 1. The van der Waals surface area contributed by atoms with Gasteiger partial charge in [0.25, 0.3) is 0 Å². The van der Waals surface area contributed by atoms with Crippen LogP contribution in [0, 0.1) is 0 Å². The molecule has 5 nitrogen and oxygen atoms in total. The quantitative estimate of drug-likeness (QED) is 0.737. The number of pyridine rings is 1. The molecule has 0 saturated carbocycles. The van der Waals surface area contributed by atoms with E-state index in [2.05, 4.69) is 14.9 Å². The SMILES string of the molecule is O=C([O-])c1cc(-c2cccs2)nc2nc(N3CCCC3)sc12. The largest absolute Gasteiger partial charge is 0.545 e. The van der Waals surface area contributed by atoms with Crippen molar-refractivity contribution in [1.82, 2.24) is 9.97 Å². The minimum atomic E-state index is -1.18.